The van der Waals surface area contributed by atoms with Gasteiger partial charge in [0.2, 0.25) is 0 Å². The van der Waals surface area contributed by atoms with Crippen molar-refractivity contribution in [1.29, 1.82) is 0 Å². The summed E-state index contributed by atoms with van der Waals surface area (Å²) in [6.07, 6.45) is 1.88. The van der Waals surface area contributed by atoms with Crippen molar-refractivity contribution in [3.63, 3.8) is 0 Å². The SMILES string of the molecule is C=C[CH2][Ga]([O]CC)[O]CC. The van der Waals surface area contributed by atoms with Crippen LogP contribution in [0.1, 0.15) is 13.8 Å². The predicted octanol–water partition coefficient (Wildman–Crippen LogP) is 1.73. The van der Waals surface area contributed by atoms with Crippen molar-refractivity contribution in [3.05, 3.63) is 12.7 Å². The van der Waals surface area contributed by atoms with Crippen LogP contribution in [0, 0.1) is 0 Å². The number of hydrogen-bond acceptors (Lipinski definition) is 2. The van der Waals surface area contributed by atoms with Gasteiger partial charge in [-0.25, -0.2) is 0 Å². The van der Waals surface area contributed by atoms with Gasteiger partial charge in [0.1, 0.15) is 0 Å². The molecule has 0 aromatic carbocycles. The van der Waals surface area contributed by atoms with E-state index in [1.165, 1.54) is 0 Å². The Kier molecular flexibility index (Phi) is 7.62. The fourth-order valence-corrected chi connectivity index (χ4v) is 3.60. The first kappa shape index (κ1) is 10.3. The average Bonchev–Trinajstić information content (AvgIpc) is 1.90. The fraction of sp³-hybridized carbons (Fsp3) is 0.714. The van der Waals surface area contributed by atoms with Crippen molar-refractivity contribution < 1.29 is 7.06 Å². The van der Waals surface area contributed by atoms with Crippen LogP contribution in [0.4, 0.5) is 0 Å². The average molecular weight is 201 g/mol. The van der Waals surface area contributed by atoms with Crippen molar-refractivity contribution in [3.8, 4) is 0 Å². The minimum atomic E-state index is -1.79. The molecule has 58 valence electrons. The molecule has 0 aromatic heterocycles. The summed E-state index contributed by atoms with van der Waals surface area (Å²) in [7, 11) is 0. The summed E-state index contributed by atoms with van der Waals surface area (Å²) in [6, 6.07) is 0. The van der Waals surface area contributed by atoms with Crippen LogP contribution in [0.15, 0.2) is 12.7 Å². The number of rotatable bonds is 6. The second-order valence-electron chi connectivity index (χ2n) is 1.86. The third kappa shape index (κ3) is 5.11. The molecule has 0 heterocycles. The minimum absolute atomic E-state index is 0.776. The topological polar surface area (TPSA) is 18.5 Å². The Labute approximate surface area is 69.1 Å². The molecule has 0 N–H and O–H groups in total. The van der Waals surface area contributed by atoms with Crippen molar-refractivity contribution in [1.82, 2.24) is 0 Å². The second-order valence-corrected chi connectivity index (χ2v) is 6.05. The first-order valence-corrected chi connectivity index (χ1v) is 7.38. The van der Waals surface area contributed by atoms with Gasteiger partial charge in [0, 0.05) is 0 Å². The summed E-state index contributed by atoms with van der Waals surface area (Å²) in [5, 5.41) is 0. The van der Waals surface area contributed by atoms with Crippen molar-refractivity contribution in [2.24, 2.45) is 0 Å². The van der Waals surface area contributed by atoms with E-state index in [0.29, 0.717) is 0 Å². The van der Waals surface area contributed by atoms with E-state index >= 15 is 0 Å². The number of allylic oxidation sites excluding steroid dienone is 1. The third-order valence-electron chi connectivity index (χ3n) is 1.06. The summed E-state index contributed by atoms with van der Waals surface area (Å²) in [6.45, 7) is 9.21. The molecule has 0 atom stereocenters. The summed E-state index contributed by atoms with van der Waals surface area (Å²) in [4.78, 5) is 0.953. The van der Waals surface area contributed by atoms with E-state index < -0.39 is 16.9 Å². The summed E-state index contributed by atoms with van der Waals surface area (Å²) < 4.78 is 10.8. The first-order valence-electron chi connectivity index (χ1n) is 3.69. The molecule has 2 nitrogen and oxygen atoms in total. The molecule has 0 saturated carbocycles. The molecule has 0 spiro atoms. The van der Waals surface area contributed by atoms with E-state index in [9.17, 15) is 0 Å². The molecule has 0 rings (SSSR count). The Morgan fingerprint density at radius 2 is 1.80 bits per heavy atom. The second kappa shape index (κ2) is 7.40. The van der Waals surface area contributed by atoms with Crippen LogP contribution < -0.4 is 0 Å². The van der Waals surface area contributed by atoms with E-state index in [1.807, 2.05) is 19.9 Å². The van der Waals surface area contributed by atoms with Gasteiger partial charge in [-0.3, -0.25) is 0 Å². The zero-order valence-corrected chi connectivity index (χ0v) is 9.22. The van der Waals surface area contributed by atoms with Crippen LogP contribution in [-0.4, -0.2) is 30.2 Å². The van der Waals surface area contributed by atoms with E-state index in [2.05, 4.69) is 6.58 Å². The van der Waals surface area contributed by atoms with E-state index in [-0.39, 0.29) is 0 Å². The van der Waals surface area contributed by atoms with Gasteiger partial charge in [-0.05, 0) is 0 Å². The quantitative estimate of drug-likeness (QED) is 0.481. The Morgan fingerprint density at radius 3 is 2.10 bits per heavy atom. The van der Waals surface area contributed by atoms with Gasteiger partial charge in [0.25, 0.3) is 0 Å². The molecule has 0 amide bonds. The standard InChI is InChI=1S/C3H5.2C2H5O.Ga/c1-3-2;2*1-2-3;/h3H,1-2H2;2*2H2,1H3;/q;2*-1;+2. The van der Waals surface area contributed by atoms with E-state index in [4.69, 9.17) is 7.06 Å². The Morgan fingerprint density at radius 1 is 1.30 bits per heavy atom. The van der Waals surface area contributed by atoms with Crippen LogP contribution in [-0.2, 0) is 7.06 Å². The van der Waals surface area contributed by atoms with Gasteiger partial charge < -0.3 is 0 Å². The zero-order valence-electron chi connectivity index (χ0n) is 6.80. The molecule has 0 aliphatic carbocycles. The molecule has 0 bridgehead atoms. The molecule has 0 unspecified atom stereocenters. The fourth-order valence-electron chi connectivity index (χ4n) is 0.692. The molecule has 0 radical (unpaired) electrons. The number of hydrogen-bond donors (Lipinski definition) is 0. The van der Waals surface area contributed by atoms with Gasteiger partial charge >= 0.3 is 68.7 Å². The van der Waals surface area contributed by atoms with Gasteiger partial charge in [0.15, 0.2) is 0 Å². The molecular weight excluding hydrogens is 186 g/mol. The maximum atomic E-state index is 5.42. The van der Waals surface area contributed by atoms with Crippen molar-refractivity contribution in [2.75, 3.05) is 13.2 Å². The van der Waals surface area contributed by atoms with E-state index in [0.717, 1.165) is 18.2 Å². The monoisotopic (exact) mass is 200 g/mol. The van der Waals surface area contributed by atoms with Crippen LogP contribution in [0.25, 0.3) is 0 Å². The molecule has 0 fully saturated rings. The summed E-state index contributed by atoms with van der Waals surface area (Å²) in [5.41, 5.74) is 0. The van der Waals surface area contributed by atoms with Gasteiger partial charge in [-0.2, -0.15) is 0 Å². The van der Waals surface area contributed by atoms with Crippen LogP contribution >= 0.6 is 0 Å². The summed E-state index contributed by atoms with van der Waals surface area (Å²) in [5.74, 6) is 0. The third-order valence-corrected chi connectivity index (χ3v) is 5.53. The van der Waals surface area contributed by atoms with Crippen LogP contribution in [0.3, 0.4) is 0 Å². The maximum absolute atomic E-state index is 5.42. The molecule has 0 aliphatic heterocycles. The first-order chi connectivity index (χ1) is 4.85. The normalized spacial score (nSPS) is 9.40. The van der Waals surface area contributed by atoms with E-state index in [1.54, 1.807) is 0 Å². The predicted molar refractivity (Wildman–Crippen MR) is 44.0 cm³/mol. The summed E-state index contributed by atoms with van der Waals surface area (Å²) >= 11 is -1.79. The molecule has 0 aromatic rings. The van der Waals surface area contributed by atoms with Gasteiger partial charge in [-0.1, -0.05) is 0 Å². The molecule has 3 heteroatoms. The van der Waals surface area contributed by atoms with Crippen LogP contribution in [0.2, 0.25) is 4.98 Å². The molecule has 10 heavy (non-hydrogen) atoms. The van der Waals surface area contributed by atoms with Gasteiger partial charge in [-0.15, -0.1) is 0 Å². The zero-order chi connectivity index (χ0) is 7.82. The van der Waals surface area contributed by atoms with Crippen molar-refractivity contribution >= 4 is 16.9 Å². The molecule has 0 saturated heterocycles. The van der Waals surface area contributed by atoms with Gasteiger partial charge in [0.05, 0.1) is 0 Å². The Balaban J connectivity index is 3.38. The molecular formula is C7H15GaO2. The van der Waals surface area contributed by atoms with Crippen molar-refractivity contribution in [2.45, 2.75) is 18.8 Å². The van der Waals surface area contributed by atoms with Crippen LogP contribution in [0.5, 0.6) is 0 Å². The Hall–Kier alpha value is 0.296. The Bertz CT molecular complexity index is 79.7. The molecule has 0 aliphatic rings.